The molecule has 0 aliphatic carbocycles. The fourth-order valence-electron chi connectivity index (χ4n) is 1.38. The molecule has 0 amide bonds. The zero-order valence-electron chi connectivity index (χ0n) is 9.44. The standard InChI is InChI=1S/C12H13BrN2OS/c1-8-2-3-11(10(13)4-8)16-6-9-7-17-12(5-14)15-9/h2-4,7H,5-6,14H2,1H3. The summed E-state index contributed by atoms with van der Waals surface area (Å²) in [5.41, 5.74) is 7.63. The van der Waals surface area contributed by atoms with Crippen molar-refractivity contribution in [3.8, 4) is 5.75 Å². The number of nitrogens with zero attached hydrogens (tertiary/aromatic N) is 1. The summed E-state index contributed by atoms with van der Waals surface area (Å²) in [5, 5.41) is 2.91. The van der Waals surface area contributed by atoms with Gasteiger partial charge in [0.05, 0.1) is 10.2 Å². The number of nitrogens with two attached hydrogens (primary N) is 1. The fraction of sp³-hybridized carbons (Fsp3) is 0.250. The molecule has 0 radical (unpaired) electrons. The highest BCUT2D eigenvalue weighted by Crippen LogP contribution is 2.26. The zero-order chi connectivity index (χ0) is 12.3. The van der Waals surface area contributed by atoms with Gasteiger partial charge in [0, 0.05) is 11.9 Å². The van der Waals surface area contributed by atoms with Crippen molar-refractivity contribution in [1.29, 1.82) is 0 Å². The molecule has 3 nitrogen and oxygen atoms in total. The first-order valence-electron chi connectivity index (χ1n) is 5.21. The van der Waals surface area contributed by atoms with E-state index in [9.17, 15) is 0 Å². The van der Waals surface area contributed by atoms with Crippen LogP contribution in [0.25, 0.3) is 0 Å². The average Bonchev–Trinajstić information content (AvgIpc) is 2.76. The molecule has 2 rings (SSSR count). The van der Waals surface area contributed by atoms with E-state index in [1.54, 1.807) is 11.3 Å². The van der Waals surface area contributed by atoms with Crippen LogP contribution in [0.15, 0.2) is 28.1 Å². The fourth-order valence-corrected chi connectivity index (χ4v) is 2.65. The first-order valence-corrected chi connectivity index (χ1v) is 6.88. The van der Waals surface area contributed by atoms with Crippen molar-refractivity contribution in [3.05, 3.63) is 44.3 Å². The van der Waals surface area contributed by atoms with E-state index in [0.29, 0.717) is 13.2 Å². The molecule has 5 heteroatoms. The summed E-state index contributed by atoms with van der Waals surface area (Å²) in [6.45, 7) is 3.00. The zero-order valence-corrected chi connectivity index (χ0v) is 11.8. The van der Waals surface area contributed by atoms with E-state index in [-0.39, 0.29) is 0 Å². The summed E-state index contributed by atoms with van der Waals surface area (Å²) in [4.78, 5) is 4.34. The summed E-state index contributed by atoms with van der Waals surface area (Å²) in [6, 6.07) is 6.00. The lowest BCUT2D eigenvalue weighted by atomic mass is 10.2. The van der Waals surface area contributed by atoms with E-state index >= 15 is 0 Å². The third kappa shape index (κ3) is 3.28. The van der Waals surface area contributed by atoms with Gasteiger partial charge in [-0.3, -0.25) is 0 Å². The predicted molar refractivity (Wildman–Crippen MR) is 73.2 cm³/mol. The van der Waals surface area contributed by atoms with Crippen molar-refractivity contribution < 1.29 is 4.74 Å². The monoisotopic (exact) mass is 312 g/mol. The molecule has 0 aliphatic rings. The van der Waals surface area contributed by atoms with Crippen LogP contribution in [0, 0.1) is 6.92 Å². The van der Waals surface area contributed by atoms with Crippen LogP contribution in [0.2, 0.25) is 0 Å². The van der Waals surface area contributed by atoms with Crippen LogP contribution in [0.3, 0.4) is 0 Å². The van der Waals surface area contributed by atoms with Gasteiger partial charge in [-0.2, -0.15) is 0 Å². The summed E-state index contributed by atoms with van der Waals surface area (Å²) >= 11 is 5.04. The number of aryl methyl sites for hydroxylation is 1. The second kappa shape index (κ2) is 5.62. The van der Waals surface area contributed by atoms with Gasteiger partial charge in [-0.1, -0.05) is 6.07 Å². The molecule has 17 heavy (non-hydrogen) atoms. The van der Waals surface area contributed by atoms with E-state index in [1.165, 1.54) is 5.56 Å². The number of thiazole rings is 1. The van der Waals surface area contributed by atoms with E-state index < -0.39 is 0 Å². The van der Waals surface area contributed by atoms with Gasteiger partial charge >= 0.3 is 0 Å². The quantitative estimate of drug-likeness (QED) is 0.942. The summed E-state index contributed by atoms with van der Waals surface area (Å²) in [6.07, 6.45) is 0. The molecule has 0 unspecified atom stereocenters. The minimum absolute atomic E-state index is 0.470. The molecular weight excluding hydrogens is 300 g/mol. The van der Waals surface area contributed by atoms with Crippen LogP contribution in [-0.4, -0.2) is 4.98 Å². The number of benzene rings is 1. The Labute approximate surface area is 113 Å². The van der Waals surface area contributed by atoms with Crippen molar-refractivity contribution in [2.45, 2.75) is 20.1 Å². The normalized spacial score (nSPS) is 10.5. The maximum atomic E-state index is 5.69. The van der Waals surface area contributed by atoms with Gasteiger partial charge in [-0.15, -0.1) is 11.3 Å². The van der Waals surface area contributed by atoms with Crippen LogP contribution < -0.4 is 10.5 Å². The van der Waals surface area contributed by atoms with Gasteiger partial charge in [0.15, 0.2) is 0 Å². The number of aromatic nitrogens is 1. The number of ether oxygens (including phenoxy) is 1. The Balaban J connectivity index is 2.02. The van der Waals surface area contributed by atoms with Crippen LogP contribution in [-0.2, 0) is 13.2 Å². The maximum Gasteiger partial charge on any atom is 0.134 e. The summed E-state index contributed by atoms with van der Waals surface area (Å²) in [7, 11) is 0. The maximum absolute atomic E-state index is 5.69. The highest BCUT2D eigenvalue weighted by atomic mass is 79.9. The molecule has 0 aliphatic heterocycles. The first kappa shape index (κ1) is 12.5. The van der Waals surface area contributed by atoms with E-state index in [0.717, 1.165) is 20.9 Å². The van der Waals surface area contributed by atoms with Crippen LogP contribution >= 0.6 is 27.3 Å². The van der Waals surface area contributed by atoms with Crippen LogP contribution in [0.4, 0.5) is 0 Å². The van der Waals surface area contributed by atoms with Crippen molar-refractivity contribution in [2.75, 3.05) is 0 Å². The Morgan fingerprint density at radius 1 is 1.47 bits per heavy atom. The SMILES string of the molecule is Cc1ccc(OCc2csc(CN)n2)c(Br)c1. The Morgan fingerprint density at radius 2 is 2.29 bits per heavy atom. The number of rotatable bonds is 4. The van der Waals surface area contributed by atoms with Crippen molar-refractivity contribution in [1.82, 2.24) is 4.98 Å². The molecule has 2 aromatic rings. The predicted octanol–water partition coefficient (Wildman–Crippen LogP) is 3.25. The Morgan fingerprint density at radius 3 is 2.94 bits per heavy atom. The van der Waals surface area contributed by atoms with Gasteiger partial charge in [0.1, 0.15) is 17.4 Å². The molecule has 0 saturated heterocycles. The lowest BCUT2D eigenvalue weighted by Crippen LogP contribution is -1.99. The summed E-state index contributed by atoms with van der Waals surface area (Å²) in [5.74, 6) is 0.831. The lowest BCUT2D eigenvalue weighted by Gasteiger charge is -2.07. The number of hydrogen-bond donors (Lipinski definition) is 1. The minimum Gasteiger partial charge on any atom is -0.486 e. The molecule has 1 aromatic carbocycles. The van der Waals surface area contributed by atoms with Gasteiger partial charge < -0.3 is 10.5 Å². The molecule has 0 spiro atoms. The Bertz CT molecular complexity index is 513. The molecule has 90 valence electrons. The molecule has 0 bridgehead atoms. The third-order valence-electron chi connectivity index (χ3n) is 2.24. The molecule has 0 atom stereocenters. The van der Waals surface area contributed by atoms with Crippen LogP contribution in [0.1, 0.15) is 16.3 Å². The van der Waals surface area contributed by atoms with Crippen molar-refractivity contribution in [2.24, 2.45) is 5.73 Å². The highest BCUT2D eigenvalue weighted by molar-refractivity contribution is 9.10. The summed E-state index contributed by atoms with van der Waals surface area (Å²) < 4.78 is 6.66. The van der Waals surface area contributed by atoms with Gasteiger partial charge in [-0.25, -0.2) is 4.98 Å². The molecular formula is C12H13BrN2OS. The molecule has 0 saturated carbocycles. The smallest absolute Gasteiger partial charge is 0.134 e. The largest absolute Gasteiger partial charge is 0.486 e. The lowest BCUT2D eigenvalue weighted by molar-refractivity contribution is 0.300. The van der Waals surface area contributed by atoms with Gasteiger partial charge in [-0.05, 0) is 40.5 Å². The third-order valence-corrected chi connectivity index (χ3v) is 3.78. The van der Waals surface area contributed by atoms with Crippen LogP contribution in [0.5, 0.6) is 5.75 Å². The Kier molecular flexibility index (Phi) is 4.15. The van der Waals surface area contributed by atoms with Crippen molar-refractivity contribution >= 4 is 27.3 Å². The Hall–Kier alpha value is -0.910. The second-order valence-electron chi connectivity index (χ2n) is 3.66. The topological polar surface area (TPSA) is 48.1 Å². The van der Waals surface area contributed by atoms with E-state index in [1.807, 2.05) is 30.5 Å². The van der Waals surface area contributed by atoms with Gasteiger partial charge in [0.2, 0.25) is 0 Å². The number of hydrogen-bond acceptors (Lipinski definition) is 4. The number of halogens is 1. The minimum atomic E-state index is 0.470. The van der Waals surface area contributed by atoms with Gasteiger partial charge in [0.25, 0.3) is 0 Å². The van der Waals surface area contributed by atoms with E-state index in [2.05, 4.69) is 20.9 Å². The first-order chi connectivity index (χ1) is 8.19. The van der Waals surface area contributed by atoms with Crippen molar-refractivity contribution in [3.63, 3.8) is 0 Å². The molecule has 1 heterocycles. The molecule has 0 fully saturated rings. The molecule has 2 N–H and O–H groups in total. The molecule has 1 aromatic heterocycles. The average molecular weight is 313 g/mol. The second-order valence-corrected chi connectivity index (χ2v) is 5.46. The van der Waals surface area contributed by atoms with E-state index in [4.69, 9.17) is 10.5 Å². The highest BCUT2D eigenvalue weighted by Gasteiger charge is 2.04.